The molecule has 1 amide bonds. The highest BCUT2D eigenvalue weighted by Gasteiger charge is 2.36. The van der Waals surface area contributed by atoms with Crippen LogP contribution in [0.25, 0.3) is 0 Å². The monoisotopic (exact) mass is 266 g/mol. The van der Waals surface area contributed by atoms with Gasteiger partial charge in [-0.1, -0.05) is 11.6 Å². The van der Waals surface area contributed by atoms with Crippen LogP contribution in [0.15, 0.2) is 29.4 Å². The number of hydrogen-bond donors (Lipinski definition) is 0. The smallest absolute Gasteiger partial charge is 0.324 e. The van der Waals surface area contributed by atoms with Crippen LogP contribution in [-0.2, 0) is 14.3 Å². The van der Waals surface area contributed by atoms with Crippen LogP contribution in [-0.4, -0.2) is 24.7 Å². The summed E-state index contributed by atoms with van der Waals surface area (Å²) in [6.07, 6.45) is 1.29. The molecule has 1 aromatic rings. The summed E-state index contributed by atoms with van der Waals surface area (Å²) in [5.41, 5.74) is 0.562. The van der Waals surface area contributed by atoms with Crippen LogP contribution in [0.2, 0.25) is 5.02 Å². The quantitative estimate of drug-likeness (QED) is 0.620. The van der Waals surface area contributed by atoms with Crippen LogP contribution in [0.3, 0.4) is 0 Å². The number of nitrogens with zero attached hydrogens (tertiary/aromatic N) is 2. The van der Waals surface area contributed by atoms with Crippen LogP contribution in [0, 0.1) is 5.92 Å². The maximum atomic E-state index is 12.0. The summed E-state index contributed by atoms with van der Waals surface area (Å²) in [4.78, 5) is 23.5. The number of hydrazone groups is 1. The topological polar surface area (TPSA) is 59.0 Å². The van der Waals surface area contributed by atoms with Crippen LogP contribution >= 0.6 is 11.6 Å². The Balaban J connectivity index is 2.15. The first kappa shape index (κ1) is 12.6. The lowest BCUT2D eigenvalue weighted by atomic mass is 10.1. The van der Waals surface area contributed by atoms with Crippen molar-refractivity contribution in [3.05, 3.63) is 29.3 Å². The van der Waals surface area contributed by atoms with Crippen LogP contribution in [0.5, 0.6) is 0 Å². The van der Waals surface area contributed by atoms with Gasteiger partial charge in [-0.05, 0) is 31.2 Å². The number of carbonyl (C=O) groups excluding carboxylic acids is 2. The summed E-state index contributed by atoms with van der Waals surface area (Å²) in [7, 11) is 0. The number of esters is 1. The van der Waals surface area contributed by atoms with Crippen molar-refractivity contribution in [3.63, 3.8) is 0 Å². The van der Waals surface area contributed by atoms with E-state index >= 15 is 0 Å². The SMILES string of the molecule is CCOC(=O)[C@H]1C=NN(c2ccc(Cl)cc2)C1=O. The maximum Gasteiger partial charge on any atom is 0.324 e. The van der Waals surface area contributed by atoms with E-state index in [1.807, 2.05) is 0 Å². The maximum absolute atomic E-state index is 12.0. The number of anilines is 1. The van der Waals surface area contributed by atoms with E-state index in [9.17, 15) is 9.59 Å². The van der Waals surface area contributed by atoms with E-state index in [2.05, 4.69) is 5.10 Å². The Morgan fingerprint density at radius 3 is 2.72 bits per heavy atom. The Labute approximate surface area is 109 Å². The molecule has 0 saturated heterocycles. The molecule has 18 heavy (non-hydrogen) atoms. The van der Waals surface area contributed by atoms with Crippen molar-refractivity contribution in [2.24, 2.45) is 11.0 Å². The van der Waals surface area contributed by atoms with Gasteiger partial charge in [-0.25, -0.2) is 0 Å². The van der Waals surface area contributed by atoms with E-state index in [-0.39, 0.29) is 6.61 Å². The second-order valence-corrected chi connectivity index (χ2v) is 4.06. The van der Waals surface area contributed by atoms with Crippen LogP contribution in [0.4, 0.5) is 5.69 Å². The Bertz CT molecular complexity index is 499. The van der Waals surface area contributed by atoms with Gasteiger partial charge in [0.05, 0.1) is 12.3 Å². The third-order valence-electron chi connectivity index (χ3n) is 2.42. The summed E-state index contributed by atoms with van der Waals surface area (Å²) in [5, 5.41) is 5.65. The fraction of sp³-hybridized carbons (Fsp3) is 0.250. The zero-order chi connectivity index (χ0) is 13.1. The molecule has 6 heteroatoms. The molecule has 1 aliphatic rings. The summed E-state index contributed by atoms with van der Waals surface area (Å²) < 4.78 is 4.80. The number of halogens is 1. The molecule has 2 rings (SSSR count). The minimum atomic E-state index is -0.958. The molecule has 0 bridgehead atoms. The van der Waals surface area contributed by atoms with Gasteiger partial charge in [0, 0.05) is 11.2 Å². The number of benzene rings is 1. The Morgan fingerprint density at radius 2 is 2.11 bits per heavy atom. The van der Waals surface area contributed by atoms with Gasteiger partial charge in [-0.3, -0.25) is 9.59 Å². The first-order chi connectivity index (χ1) is 8.63. The minimum Gasteiger partial charge on any atom is -0.465 e. The van der Waals surface area contributed by atoms with Crippen molar-refractivity contribution in [1.29, 1.82) is 0 Å². The molecule has 0 unspecified atom stereocenters. The van der Waals surface area contributed by atoms with E-state index in [4.69, 9.17) is 16.3 Å². The molecule has 94 valence electrons. The van der Waals surface area contributed by atoms with Crippen molar-refractivity contribution < 1.29 is 14.3 Å². The van der Waals surface area contributed by atoms with E-state index < -0.39 is 17.8 Å². The van der Waals surface area contributed by atoms with Crippen LogP contribution < -0.4 is 5.01 Å². The predicted octanol–water partition coefficient (Wildman–Crippen LogP) is 1.85. The van der Waals surface area contributed by atoms with Crippen LogP contribution in [0.1, 0.15) is 6.92 Å². The minimum absolute atomic E-state index is 0.234. The molecule has 1 aliphatic heterocycles. The van der Waals surface area contributed by atoms with Gasteiger partial charge in [0.2, 0.25) is 0 Å². The van der Waals surface area contributed by atoms with E-state index in [0.29, 0.717) is 10.7 Å². The molecular formula is C12H11ClN2O3. The molecular weight excluding hydrogens is 256 g/mol. The van der Waals surface area contributed by atoms with E-state index in [1.54, 1.807) is 31.2 Å². The lowest BCUT2D eigenvalue weighted by Gasteiger charge is -2.13. The Morgan fingerprint density at radius 1 is 1.44 bits per heavy atom. The van der Waals surface area contributed by atoms with E-state index in [0.717, 1.165) is 5.01 Å². The number of carbonyl (C=O) groups is 2. The highest BCUT2D eigenvalue weighted by atomic mass is 35.5. The zero-order valence-corrected chi connectivity index (χ0v) is 10.4. The Kier molecular flexibility index (Phi) is 3.62. The van der Waals surface area contributed by atoms with Crippen molar-refractivity contribution in [2.45, 2.75) is 6.92 Å². The molecule has 1 aromatic carbocycles. The first-order valence-corrected chi connectivity index (χ1v) is 5.81. The molecule has 5 nitrogen and oxygen atoms in total. The van der Waals surface area contributed by atoms with Crippen molar-refractivity contribution in [2.75, 3.05) is 11.6 Å². The number of ether oxygens (including phenoxy) is 1. The lowest BCUT2D eigenvalue weighted by Crippen LogP contribution is -2.32. The molecule has 0 fully saturated rings. The standard InChI is InChI=1S/C12H11ClN2O3/c1-2-18-12(17)10-7-14-15(11(10)16)9-5-3-8(13)4-6-9/h3-7,10H,2H2,1H3/t10-/m0/s1. The lowest BCUT2D eigenvalue weighted by molar-refractivity contribution is -0.147. The second kappa shape index (κ2) is 5.18. The fourth-order valence-corrected chi connectivity index (χ4v) is 1.68. The summed E-state index contributed by atoms with van der Waals surface area (Å²) in [6, 6.07) is 6.62. The predicted molar refractivity (Wildman–Crippen MR) is 67.6 cm³/mol. The van der Waals surface area contributed by atoms with Crippen molar-refractivity contribution >= 4 is 35.4 Å². The molecule has 0 radical (unpaired) electrons. The number of rotatable bonds is 3. The number of amides is 1. The molecule has 1 heterocycles. The third kappa shape index (κ3) is 2.36. The summed E-state index contributed by atoms with van der Waals surface area (Å²) >= 11 is 5.76. The second-order valence-electron chi connectivity index (χ2n) is 3.62. The molecule has 0 aromatic heterocycles. The highest BCUT2D eigenvalue weighted by molar-refractivity contribution is 6.30. The van der Waals surface area contributed by atoms with Gasteiger partial charge in [0.25, 0.3) is 5.91 Å². The highest BCUT2D eigenvalue weighted by Crippen LogP contribution is 2.23. The largest absolute Gasteiger partial charge is 0.465 e. The van der Waals surface area contributed by atoms with Gasteiger partial charge < -0.3 is 4.74 Å². The van der Waals surface area contributed by atoms with Gasteiger partial charge in [0.1, 0.15) is 0 Å². The van der Waals surface area contributed by atoms with Crippen molar-refractivity contribution in [3.8, 4) is 0 Å². The molecule has 0 N–H and O–H groups in total. The normalized spacial score (nSPS) is 18.2. The van der Waals surface area contributed by atoms with Crippen molar-refractivity contribution in [1.82, 2.24) is 0 Å². The van der Waals surface area contributed by atoms with Gasteiger partial charge in [0.15, 0.2) is 5.92 Å². The average molecular weight is 267 g/mol. The summed E-state index contributed by atoms with van der Waals surface area (Å²) in [6.45, 7) is 1.92. The zero-order valence-electron chi connectivity index (χ0n) is 9.67. The molecule has 1 atom stereocenters. The third-order valence-corrected chi connectivity index (χ3v) is 2.67. The first-order valence-electron chi connectivity index (χ1n) is 5.43. The van der Waals surface area contributed by atoms with E-state index in [1.165, 1.54) is 6.21 Å². The van der Waals surface area contributed by atoms with Gasteiger partial charge >= 0.3 is 5.97 Å². The number of hydrogen-bond acceptors (Lipinski definition) is 4. The summed E-state index contributed by atoms with van der Waals surface area (Å²) in [5.74, 6) is -1.96. The van der Waals surface area contributed by atoms with Gasteiger partial charge in [-0.15, -0.1) is 0 Å². The Hall–Kier alpha value is -1.88. The molecule has 0 saturated carbocycles. The average Bonchev–Trinajstić information content (AvgIpc) is 2.73. The molecule has 0 aliphatic carbocycles. The molecule has 0 spiro atoms. The van der Waals surface area contributed by atoms with Gasteiger partial charge in [-0.2, -0.15) is 10.1 Å². The fourth-order valence-electron chi connectivity index (χ4n) is 1.56.